The van der Waals surface area contributed by atoms with Crippen LogP contribution in [0.4, 0.5) is 10.1 Å². The molecule has 0 bridgehead atoms. The molecule has 0 atom stereocenters. The summed E-state index contributed by atoms with van der Waals surface area (Å²) >= 11 is 0. The molecule has 1 amide bonds. The molecule has 2 aromatic heterocycles. The van der Waals surface area contributed by atoms with Crippen LogP contribution in [-0.2, 0) is 0 Å². The van der Waals surface area contributed by atoms with Gasteiger partial charge >= 0.3 is 0 Å². The second kappa shape index (κ2) is 9.78. The van der Waals surface area contributed by atoms with E-state index in [-0.39, 0.29) is 17.5 Å². The van der Waals surface area contributed by atoms with Crippen LogP contribution in [0.5, 0.6) is 5.75 Å². The predicted molar refractivity (Wildman–Crippen MR) is 133 cm³/mol. The molecular weight excluding hydrogens is 445 g/mol. The van der Waals surface area contributed by atoms with Crippen molar-refractivity contribution in [1.29, 1.82) is 0 Å². The molecule has 1 fully saturated rings. The van der Waals surface area contributed by atoms with E-state index >= 15 is 0 Å². The number of nitrogens with zero attached hydrogens (tertiary/aromatic N) is 2. The summed E-state index contributed by atoms with van der Waals surface area (Å²) in [5.41, 5.74) is 3.88. The summed E-state index contributed by atoms with van der Waals surface area (Å²) in [6.45, 7) is 1.95. The third kappa shape index (κ3) is 4.71. The van der Waals surface area contributed by atoms with Gasteiger partial charge in [-0.15, -0.1) is 0 Å². The van der Waals surface area contributed by atoms with Crippen molar-refractivity contribution in [3.05, 3.63) is 78.1 Å². The van der Waals surface area contributed by atoms with Crippen LogP contribution in [0, 0.1) is 12.7 Å². The van der Waals surface area contributed by atoms with Crippen LogP contribution in [0.3, 0.4) is 0 Å². The van der Waals surface area contributed by atoms with Crippen molar-refractivity contribution in [2.75, 3.05) is 12.4 Å². The second-order valence-corrected chi connectivity index (χ2v) is 8.97. The summed E-state index contributed by atoms with van der Waals surface area (Å²) in [4.78, 5) is 17.7. The molecule has 2 heterocycles. The molecule has 0 spiro atoms. The molecule has 180 valence electrons. The molecule has 1 aliphatic carbocycles. The summed E-state index contributed by atoms with van der Waals surface area (Å²) < 4.78 is 27.2. The summed E-state index contributed by atoms with van der Waals surface area (Å²) in [7, 11) is 1.56. The largest absolute Gasteiger partial charge is 0.495 e. The maximum absolute atomic E-state index is 13.6. The fraction of sp³-hybridized carbons (Fsp3) is 0.286. The number of carbonyl (C=O) groups excluding carboxylic acids is 1. The van der Waals surface area contributed by atoms with Gasteiger partial charge in [0, 0.05) is 11.6 Å². The fourth-order valence-electron chi connectivity index (χ4n) is 4.75. The monoisotopic (exact) mass is 473 g/mol. The molecule has 1 saturated carbocycles. The number of imidazole rings is 1. The molecule has 7 heteroatoms. The lowest BCUT2D eigenvalue weighted by Crippen LogP contribution is -2.13. The van der Waals surface area contributed by atoms with Gasteiger partial charge in [0.1, 0.15) is 17.3 Å². The summed E-state index contributed by atoms with van der Waals surface area (Å²) in [6.07, 6.45) is 7.53. The summed E-state index contributed by atoms with van der Waals surface area (Å²) in [5, 5.41) is 2.89. The van der Waals surface area contributed by atoms with E-state index in [1.807, 2.05) is 31.5 Å². The van der Waals surface area contributed by atoms with E-state index < -0.39 is 0 Å². The lowest BCUT2D eigenvalue weighted by atomic mass is 9.95. The quantitative estimate of drug-likeness (QED) is 0.327. The van der Waals surface area contributed by atoms with Crippen LogP contribution in [0.15, 0.2) is 65.3 Å². The van der Waals surface area contributed by atoms with E-state index in [9.17, 15) is 9.18 Å². The van der Waals surface area contributed by atoms with Gasteiger partial charge in [0.2, 0.25) is 0 Å². The SMILES string of the molecule is COc1ccc(C)cc1NC(=O)c1ccc(-c2c(-c3ccc(F)cc3)ncn2C2CCCCC2)o1. The maximum Gasteiger partial charge on any atom is 0.291 e. The number of furan rings is 1. The van der Waals surface area contributed by atoms with Gasteiger partial charge in [-0.1, -0.05) is 25.3 Å². The first kappa shape index (κ1) is 22.9. The lowest BCUT2D eigenvalue weighted by Gasteiger charge is -2.24. The minimum Gasteiger partial charge on any atom is -0.495 e. The number of aromatic nitrogens is 2. The molecule has 0 aliphatic heterocycles. The van der Waals surface area contributed by atoms with E-state index in [1.165, 1.54) is 18.6 Å². The number of benzene rings is 2. The van der Waals surface area contributed by atoms with Gasteiger partial charge in [-0.25, -0.2) is 9.37 Å². The number of methoxy groups -OCH3 is 1. The first-order chi connectivity index (χ1) is 17.0. The summed E-state index contributed by atoms with van der Waals surface area (Å²) in [6, 6.07) is 15.6. The summed E-state index contributed by atoms with van der Waals surface area (Å²) in [5.74, 6) is 0.640. The maximum atomic E-state index is 13.6. The van der Waals surface area contributed by atoms with Crippen LogP contribution in [0.25, 0.3) is 22.7 Å². The van der Waals surface area contributed by atoms with E-state index in [0.29, 0.717) is 28.9 Å². The highest BCUT2D eigenvalue weighted by atomic mass is 19.1. The van der Waals surface area contributed by atoms with Crippen LogP contribution >= 0.6 is 0 Å². The highest BCUT2D eigenvalue weighted by molar-refractivity contribution is 6.03. The first-order valence-electron chi connectivity index (χ1n) is 11.9. The number of halogens is 1. The molecule has 4 aromatic rings. The third-order valence-corrected chi connectivity index (χ3v) is 6.55. The van der Waals surface area contributed by atoms with Crippen molar-refractivity contribution in [3.63, 3.8) is 0 Å². The fourth-order valence-corrected chi connectivity index (χ4v) is 4.75. The van der Waals surface area contributed by atoms with Gasteiger partial charge in [0.15, 0.2) is 11.5 Å². The Kier molecular flexibility index (Phi) is 6.40. The Bertz CT molecular complexity index is 1330. The molecule has 2 aromatic carbocycles. The number of aryl methyl sites for hydroxylation is 1. The number of anilines is 1. The topological polar surface area (TPSA) is 69.3 Å². The van der Waals surface area contributed by atoms with Gasteiger partial charge in [-0.05, 0) is 73.9 Å². The number of nitrogens with one attached hydrogen (secondary N) is 1. The average molecular weight is 474 g/mol. The van der Waals surface area contributed by atoms with Crippen molar-refractivity contribution >= 4 is 11.6 Å². The van der Waals surface area contributed by atoms with Crippen LogP contribution in [-0.4, -0.2) is 22.6 Å². The number of carbonyl (C=O) groups is 1. The Morgan fingerprint density at radius 3 is 2.60 bits per heavy atom. The van der Waals surface area contributed by atoms with E-state index in [4.69, 9.17) is 9.15 Å². The Morgan fingerprint density at radius 1 is 1.09 bits per heavy atom. The Morgan fingerprint density at radius 2 is 1.86 bits per heavy atom. The Hall–Kier alpha value is -3.87. The highest BCUT2D eigenvalue weighted by Crippen LogP contribution is 2.38. The molecule has 35 heavy (non-hydrogen) atoms. The van der Waals surface area contributed by atoms with Gasteiger partial charge in [-0.3, -0.25) is 4.79 Å². The normalized spacial score (nSPS) is 14.1. The molecule has 0 radical (unpaired) electrons. The zero-order chi connectivity index (χ0) is 24.4. The number of ether oxygens (including phenoxy) is 1. The van der Waals surface area contributed by atoms with Crippen molar-refractivity contribution in [3.8, 4) is 28.5 Å². The highest BCUT2D eigenvalue weighted by Gasteiger charge is 2.25. The Labute approximate surface area is 203 Å². The van der Waals surface area contributed by atoms with Crippen LogP contribution < -0.4 is 10.1 Å². The smallest absolute Gasteiger partial charge is 0.291 e. The first-order valence-corrected chi connectivity index (χ1v) is 11.9. The van der Waals surface area contributed by atoms with E-state index in [2.05, 4.69) is 14.9 Å². The van der Waals surface area contributed by atoms with Gasteiger partial charge in [-0.2, -0.15) is 0 Å². The zero-order valence-electron chi connectivity index (χ0n) is 19.9. The predicted octanol–water partition coefficient (Wildman–Crippen LogP) is 7.02. The average Bonchev–Trinajstić information content (AvgIpc) is 3.53. The molecule has 5 rings (SSSR count). The minimum atomic E-state index is -0.368. The van der Waals surface area contributed by atoms with Gasteiger partial charge in [0.05, 0.1) is 24.8 Å². The molecule has 1 N–H and O–H groups in total. The molecule has 0 unspecified atom stereocenters. The van der Waals surface area contributed by atoms with E-state index in [1.54, 1.807) is 31.4 Å². The molecular formula is C28H28FN3O3. The number of hydrogen-bond donors (Lipinski definition) is 1. The van der Waals surface area contributed by atoms with Gasteiger partial charge in [0.25, 0.3) is 5.91 Å². The minimum absolute atomic E-state index is 0.185. The molecule has 1 aliphatic rings. The van der Waals surface area contributed by atoms with Crippen molar-refractivity contribution in [1.82, 2.24) is 9.55 Å². The number of hydrogen-bond acceptors (Lipinski definition) is 4. The van der Waals surface area contributed by atoms with Crippen molar-refractivity contribution in [2.24, 2.45) is 0 Å². The van der Waals surface area contributed by atoms with Crippen molar-refractivity contribution in [2.45, 2.75) is 45.1 Å². The number of amides is 1. The van der Waals surface area contributed by atoms with Crippen LogP contribution in [0.1, 0.15) is 54.3 Å². The van der Waals surface area contributed by atoms with Gasteiger partial charge < -0.3 is 19.0 Å². The number of rotatable bonds is 6. The molecule has 0 saturated heterocycles. The van der Waals surface area contributed by atoms with E-state index in [0.717, 1.165) is 42.5 Å². The Balaban J connectivity index is 1.50. The zero-order valence-corrected chi connectivity index (χ0v) is 19.9. The lowest BCUT2D eigenvalue weighted by molar-refractivity contribution is 0.0997. The second-order valence-electron chi connectivity index (χ2n) is 8.97. The van der Waals surface area contributed by atoms with Crippen LogP contribution in [0.2, 0.25) is 0 Å². The molecule has 6 nitrogen and oxygen atoms in total. The standard InChI is InChI=1S/C28H28FN3O3/c1-18-8-13-23(34-2)22(16-18)31-28(33)25-15-14-24(35-25)27-26(19-9-11-20(29)12-10-19)30-17-32(27)21-6-4-3-5-7-21/h8-17,21H,3-7H2,1-2H3,(H,31,33). The van der Waals surface area contributed by atoms with Crippen molar-refractivity contribution < 1.29 is 18.3 Å². The third-order valence-electron chi connectivity index (χ3n) is 6.55.